The molecule has 0 aliphatic carbocycles. The van der Waals surface area contributed by atoms with E-state index in [-0.39, 0.29) is 18.6 Å². The van der Waals surface area contributed by atoms with Crippen molar-refractivity contribution < 1.29 is 20.1 Å². The molecule has 1 fully saturated rings. The Bertz CT molecular complexity index is 546. The predicted octanol–water partition coefficient (Wildman–Crippen LogP) is 1.52. The van der Waals surface area contributed by atoms with Gasteiger partial charge >= 0.3 is 0 Å². The maximum atomic E-state index is 11.2. The zero-order chi connectivity index (χ0) is 17.4. The Balaban J connectivity index is 2.48. The molecule has 1 saturated heterocycles. The highest BCUT2D eigenvalue weighted by atomic mass is 16.6. The van der Waals surface area contributed by atoms with E-state index < -0.39 is 24.5 Å². The maximum Gasteiger partial charge on any atom is 0.188 e. The lowest BCUT2D eigenvalue weighted by Crippen LogP contribution is -2.60. The monoisotopic (exact) mass is 323 g/mol. The topological polar surface area (TPSA) is 73.2 Å². The van der Waals surface area contributed by atoms with Gasteiger partial charge in [0.05, 0.1) is 24.9 Å². The fourth-order valence-corrected chi connectivity index (χ4v) is 3.53. The van der Waals surface area contributed by atoms with Gasteiger partial charge < -0.3 is 20.1 Å². The van der Waals surface area contributed by atoms with Crippen LogP contribution in [0.4, 0.5) is 0 Å². The summed E-state index contributed by atoms with van der Waals surface area (Å²) in [5, 5.41) is 30.3. The van der Waals surface area contributed by atoms with Gasteiger partial charge in [0, 0.05) is 12.5 Å². The summed E-state index contributed by atoms with van der Waals surface area (Å²) < 4.78 is 5.92. The molecule has 0 spiro atoms. The number of likely N-dealkylation sites (N-methyl/N-ethyl adjacent to an activating group) is 1. The highest BCUT2D eigenvalue weighted by Gasteiger charge is 2.50. The second-order valence-corrected chi connectivity index (χ2v) is 6.88. The molecular formula is C18H29NO4. The molecule has 1 aliphatic heterocycles. The predicted molar refractivity (Wildman–Crippen MR) is 89.1 cm³/mol. The van der Waals surface area contributed by atoms with Crippen LogP contribution in [0.15, 0.2) is 18.2 Å². The van der Waals surface area contributed by atoms with Gasteiger partial charge in [-0.2, -0.15) is 0 Å². The first kappa shape index (κ1) is 18.4. The summed E-state index contributed by atoms with van der Waals surface area (Å²) in [5.41, 5.74) is 3.21. The Kier molecular flexibility index (Phi) is 5.48. The number of rotatable bonds is 4. The third kappa shape index (κ3) is 3.59. The number of ether oxygens (including phenoxy) is 1. The summed E-state index contributed by atoms with van der Waals surface area (Å²) in [6.07, 6.45) is -1.25. The highest BCUT2D eigenvalue weighted by Crippen LogP contribution is 2.43. The Morgan fingerprint density at radius 3 is 2.52 bits per heavy atom. The van der Waals surface area contributed by atoms with Crippen molar-refractivity contribution in [2.45, 2.75) is 64.2 Å². The molecule has 5 heteroatoms. The molecule has 3 N–H and O–H groups in total. The fourth-order valence-electron chi connectivity index (χ4n) is 3.53. The van der Waals surface area contributed by atoms with E-state index in [0.717, 1.165) is 16.7 Å². The number of aliphatic hydroxyl groups excluding tert-OH is 2. The van der Waals surface area contributed by atoms with Crippen LogP contribution in [0.1, 0.15) is 43.0 Å². The van der Waals surface area contributed by atoms with E-state index in [1.54, 1.807) is 0 Å². The molecule has 23 heavy (non-hydrogen) atoms. The van der Waals surface area contributed by atoms with Crippen LogP contribution >= 0.6 is 0 Å². The van der Waals surface area contributed by atoms with Gasteiger partial charge in [0.25, 0.3) is 0 Å². The zero-order valence-corrected chi connectivity index (χ0v) is 14.7. The van der Waals surface area contributed by atoms with Gasteiger partial charge in [-0.25, -0.2) is 0 Å². The van der Waals surface area contributed by atoms with E-state index in [1.807, 2.05) is 40.0 Å². The van der Waals surface area contributed by atoms with Crippen LogP contribution in [0.5, 0.6) is 0 Å². The summed E-state index contributed by atoms with van der Waals surface area (Å²) in [7, 11) is 1.96. The van der Waals surface area contributed by atoms with Crippen molar-refractivity contribution >= 4 is 0 Å². The molecule has 0 bridgehead atoms. The van der Waals surface area contributed by atoms with Gasteiger partial charge in [0.15, 0.2) is 5.79 Å². The minimum Gasteiger partial charge on any atom is -0.394 e. The average Bonchev–Trinajstić information content (AvgIpc) is 2.47. The van der Waals surface area contributed by atoms with Crippen molar-refractivity contribution in [2.75, 3.05) is 13.7 Å². The van der Waals surface area contributed by atoms with E-state index in [1.165, 1.54) is 0 Å². The summed E-state index contributed by atoms with van der Waals surface area (Å²) in [6, 6.07) is 5.81. The number of hydrogen-bond acceptors (Lipinski definition) is 5. The van der Waals surface area contributed by atoms with Crippen molar-refractivity contribution in [3.63, 3.8) is 0 Å². The van der Waals surface area contributed by atoms with Crippen LogP contribution < -0.4 is 0 Å². The minimum absolute atomic E-state index is 0.0388. The molecule has 1 aliphatic rings. The first-order valence-corrected chi connectivity index (χ1v) is 8.17. The molecule has 0 saturated carbocycles. The van der Waals surface area contributed by atoms with E-state index >= 15 is 0 Å². The van der Waals surface area contributed by atoms with E-state index in [0.29, 0.717) is 0 Å². The molecule has 0 amide bonds. The van der Waals surface area contributed by atoms with E-state index in [4.69, 9.17) is 4.74 Å². The van der Waals surface area contributed by atoms with Crippen LogP contribution in [-0.2, 0) is 4.74 Å². The summed E-state index contributed by atoms with van der Waals surface area (Å²) in [4.78, 5) is 2.09. The minimum atomic E-state index is -1.55. The van der Waals surface area contributed by atoms with Crippen molar-refractivity contribution in [1.82, 2.24) is 4.90 Å². The largest absolute Gasteiger partial charge is 0.394 e. The Morgan fingerprint density at radius 1 is 1.30 bits per heavy atom. The molecule has 0 radical (unpaired) electrons. The van der Waals surface area contributed by atoms with Crippen molar-refractivity contribution in [3.05, 3.63) is 34.9 Å². The normalized spacial score (nSPS) is 33.7. The van der Waals surface area contributed by atoms with Crippen LogP contribution in [0.25, 0.3) is 0 Å². The highest BCUT2D eigenvalue weighted by molar-refractivity contribution is 5.34. The fraction of sp³-hybridized carbons (Fsp3) is 0.667. The molecule has 130 valence electrons. The lowest BCUT2D eigenvalue weighted by molar-refractivity contribution is -0.314. The maximum absolute atomic E-state index is 11.2. The van der Waals surface area contributed by atoms with Crippen LogP contribution in [0.3, 0.4) is 0 Å². The standard InChI is InChI=1S/C18H29NO4/c1-11-6-7-16(12(2)8-11)17-18(22,9-15(21)10-20)23-14(4)13(3)19(17)5/h6-8,13-15,17,20-22H,9-10H2,1-5H3. The van der Waals surface area contributed by atoms with Crippen LogP contribution in [0.2, 0.25) is 0 Å². The second kappa shape index (κ2) is 6.87. The quantitative estimate of drug-likeness (QED) is 0.783. The van der Waals surface area contributed by atoms with Gasteiger partial charge in [-0.05, 0) is 45.9 Å². The summed E-state index contributed by atoms with van der Waals surface area (Å²) in [6.45, 7) is 7.61. The lowest BCUT2D eigenvalue weighted by atomic mass is 9.86. The number of benzene rings is 1. The lowest BCUT2D eigenvalue weighted by Gasteiger charge is -2.52. The summed E-state index contributed by atoms with van der Waals surface area (Å²) >= 11 is 0. The van der Waals surface area contributed by atoms with Crippen LogP contribution in [0, 0.1) is 13.8 Å². The number of morpholine rings is 1. The van der Waals surface area contributed by atoms with Gasteiger partial charge in [-0.1, -0.05) is 23.8 Å². The molecule has 1 heterocycles. The SMILES string of the molecule is Cc1ccc(C2N(C)C(C)C(C)OC2(O)CC(O)CO)c(C)c1. The molecule has 0 aromatic heterocycles. The van der Waals surface area contributed by atoms with E-state index in [2.05, 4.69) is 17.9 Å². The summed E-state index contributed by atoms with van der Waals surface area (Å²) in [5.74, 6) is -1.55. The third-order valence-electron chi connectivity index (χ3n) is 5.00. The molecular weight excluding hydrogens is 294 g/mol. The molecule has 5 nitrogen and oxygen atoms in total. The van der Waals surface area contributed by atoms with Gasteiger partial charge in [0.1, 0.15) is 0 Å². The molecule has 1 aromatic carbocycles. The second-order valence-electron chi connectivity index (χ2n) is 6.88. The first-order chi connectivity index (χ1) is 10.7. The Labute approximate surface area is 138 Å². The van der Waals surface area contributed by atoms with Gasteiger partial charge in [0.2, 0.25) is 0 Å². The van der Waals surface area contributed by atoms with Gasteiger partial charge in [-0.15, -0.1) is 0 Å². The molecule has 2 rings (SSSR count). The number of aryl methyl sites for hydroxylation is 2. The van der Waals surface area contributed by atoms with Crippen molar-refractivity contribution in [2.24, 2.45) is 0 Å². The number of nitrogens with zero attached hydrogens (tertiary/aromatic N) is 1. The molecule has 1 aromatic rings. The average molecular weight is 323 g/mol. The van der Waals surface area contributed by atoms with Crippen LogP contribution in [-0.4, -0.2) is 57.9 Å². The zero-order valence-electron chi connectivity index (χ0n) is 14.7. The number of hydrogen-bond donors (Lipinski definition) is 3. The number of aliphatic hydroxyl groups is 3. The Hall–Kier alpha value is -0.980. The molecule has 5 atom stereocenters. The Morgan fingerprint density at radius 2 is 1.96 bits per heavy atom. The van der Waals surface area contributed by atoms with E-state index in [9.17, 15) is 15.3 Å². The first-order valence-electron chi connectivity index (χ1n) is 8.17. The van der Waals surface area contributed by atoms with Gasteiger partial charge in [-0.3, -0.25) is 4.90 Å². The smallest absolute Gasteiger partial charge is 0.188 e. The van der Waals surface area contributed by atoms with Crippen molar-refractivity contribution in [3.8, 4) is 0 Å². The third-order valence-corrected chi connectivity index (χ3v) is 5.00. The van der Waals surface area contributed by atoms with Crippen molar-refractivity contribution in [1.29, 1.82) is 0 Å². The molecule has 5 unspecified atom stereocenters.